The standard InChI is InChI=1S/C22H20ClF2N5O2/c1-13(31)30(12-20(24)25)19-7-5-14(9-17(19)23)18-6-4-16(11-28-18)22(32)29-10-15-3-2-8-27-21(15)26/h2-9,11,20H,10,12H2,1H3,(H2,26,27)(H,29,32). The summed E-state index contributed by atoms with van der Waals surface area (Å²) in [6, 6.07) is 11.4. The van der Waals surface area contributed by atoms with E-state index in [0.29, 0.717) is 28.2 Å². The minimum absolute atomic E-state index is 0.135. The summed E-state index contributed by atoms with van der Waals surface area (Å²) >= 11 is 6.25. The molecule has 0 bridgehead atoms. The molecule has 7 nitrogen and oxygen atoms in total. The lowest BCUT2D eigenvalue weighted by molar-refractivity contribution is -0.117. The van der Waals surface area contributed by atoms with E-state index in [0.717, 1.165) is 4.90 Å². The number of hydrogen-bond donors (Lipinski definition) is 2. The lowest BCUT2D eigenvalue weighted by Crippen LogP contribution is -2.33. The molecule has 0 spiro atoms. The molecule has 3 rings (SSSR count). The van der Waals surface area contributed by atoms with Gasteiger partial charge < -0.3 is 16.0 Å². The zero-order chi connectivity index (χ0) is 23.3. The van der Waals surface area contributed by atoms with Gasteiger partial charge in [-0.15, -0.1) is 0 Å². The summed E-state index contributed by atoms with van der Waals surface area (Å²) in [4.78, 5) is 33.3. The molecule has 0 fully saturated rings. The predicted octanol–water partition coefficient (Wildman–Crippen LogP) is 3.93. The summed E-state index contributed by atoms with van der Waals surface area (Å²) in [5, 5.41) is 2.89. The molecular weight excluding hydrogens is 440 g/mol. The van der Waals surface area contributed by atoms with Crippen molar-refractivity contribution in [3.05, 3.63) is 71.0 Å². The Hall–Kier alpha value is -3.59. The first-order valence-corrected chi connectivity index (χ1v) is 9.94. The number of alkyl halides is 2. The third-order valence-corrected chi connectivity index (χ3v) is 4.93. The molecule has 0 aliphatic rings. The number of anilines is 2. The van der Waals surface area contributed by atoms with E-state index in [1.807, 2.05) is 0 Å². The van der Waals surface area contributed by atoms with Crippen LogP contribution >= 0.6 is 11.6 Å². The summed E-state index contributed by atoms with van der Waals surface area (Å²) in [6.07, 6.45) is 0.292. The fourth-order valence-corrected chi connectivity index (χ4v) is 3.28. The molecule has 0 aliphatic carbocycles. The maximum absolute atomic E-state index is 12.8. The normalized spacial score (nSPS) is 10.8. The molecule has 0 saturated carbocycles. The second-order valence-corrected chi connectivity index (χ2v) is 7.26. The highest BCUT2D eigenvalue weighted by molar-refractivity contribution is 6.34. The number of nitrogens with two attached hydrogens (primary N) is 1. The van der Waals surface area contributed by atoms with E-state index in [1.54, 1.807) is 36.5 Å². The molecule has 3 aromatic rings. The topological polar surface area (TPSA) is 101 Å². The van der Waals surface area contributed by atoms with Crippen molar-refractivity contribution < 1.29 is 18.4 Å². The van der Waals surface area contributed by atoms with Crippen LogP contribution in [0, 0.1) is 0 Å². The number of pyridine rings is 2. The summed E-state index contributed by atoms with van der Waals surface area (Å²) in [5.74, 6) is -0.523. The van der Waals surface area contributed by atoms with Crippen LogP contribution in [-0.2, 0) is 11.3 Å². The molecule has 32 heavy (non-hydrogen) atoms. The Bertz CT molecular complexity index is 1130. The quantitative estimate of drug-likeness (QED) is 0.557. The van der Waals surface area contributed by atoms with E-state index >= 15 is 0 Å². The molecule has 0 saturated heterocycles. The molecule has 3 N–H and O–H groups in total. The molecule has 0 atom stereocenters. The maximum atomic E-state index is 12.8. The Balaban J connectivity index is 1.72. The maximum Gasteiger partial charge on any atom is 0.256 e. The minimum atomic E-state index is -2.69. The monoisotopic (exact) mass is 459 g/mol. The molecule has 1 aromatic carbocycles. The number of hydrogen-bond acceptors (Lipinski definition) is 5. The van der Waals surface area contributed by atoms with Crippen LogP contribution in [0.15, 0.2) is 54.9 Å². The SMILES string of the molecule is CC(=O)N(CC(F)F)c1ccc(-c2ccc(C(=O)NCc3cccnc3N)cn2)cc1Cl. The van der Waals surface area contributed by atoms with Crippen LogP contribution in [0.1, 0.15) is 22.8 Å². The zero-order valence-corrected chi connectivity index (χ0v) is 17.8. The van der Waals surface area contributed by atoms with E-state index in [9.17, 15) is 18.4 Å². The largest absolute Gasteiger partial charge is 0.383 e. The second-order valence-electron chi connectivity index (χ2n) is 6.85. The van der Waals surface area contributed by atoms with Crippen molar-refractivity contribution in [2.24, 2.45) is 0 Å². The first-order chi connectivity index (χ1) is 15.3. The van der Waals surface area contributed by atoms with Crippen molar-refractivity contribution in [3.8, 4) is 11.3 Å². The third-order valence-electron chi connectivity index (χ3n) is 4.63. The highest BCUT2D eigenvalue weighted by atomic mass is 35.5. The Morgan fingerprint density at radius 3 is 2.56 bits per heavy atom. The predicted molar refractivity (Wildman–Crippen MR) is 119 cm³/mol. The van der Waals surface area contributed by atoms with Crippen LogP contribution in [0.25, 0.3) is 11.3 Å². The number of amides is 2. The van der Waals surface area contributed by atoms with Crippen LogP contribution in [0.4, 0.5) is 20.3 Å². The first kappa shape index (κ1) is 23.1. The van der Waals surface area contributed by atoms with Crippen LogP contribution in [0.3, 0.4) is 0 Å². The summed E-state index contributed by atoms with van der Waals surface area (Å²) in [7, 11) is 0. The second kappa shape index (κ2) is 10.1. The zero-order valence-electron chi connectivity index (χ0n) is 17.1. The molecule has 0 aliphatic heterocycles. The lowest BCUT2D eigenvalue weighted by atomic mass is 10.1. The van der Waals surface area contributed by atoms with Gasteiger partial charge in [0.05, 0.1) is 28.5 Å². The number of nitrogens with one attached hydrogen (secondary N) is 1. The fourth-order valence-electron chi connectivity index (χ4n) is 3.00. The van der Waals surface area contributed by atoms with Crippen molar-refractivity contribution in [3.63, 3.8) is 0 Å². The summed E-state index contributed by atoms with van der Waals surface area (Å²) < 4.78 is 25.6. The van der Waals surface area contributed by atoms with Gasteiger partial charge in [-0.05, 0) is 30.3 Å². The third kappa shape index (κ3) is 5.55. The highest BCUT2D eigenvalue weighted by Gasteiger charge is 2.20. The van der Waals surface area contributed by atoms with Crippen LogP contribution in [-0.4, -0.2) is 34.8 Å². The first-order valence-electron chi connectivity index (χ1n) is 9.56. The number of halogens is 3. The Kier molecular flexibility index (Phi) is 7.32. The summed E-state index contributed by atoms with van der Waals surface area (Å²) in [5.41, 5.74) is 8.13. The van der Waals surface area contributed by atoms with Crippen LogP contribution < -0.4 is 16.0 Å². The van der Waals surface area contributed by atoms with E-state index in [4.69, 9.17) is 17.3 Å². The van der Waals surface area contributed by atoms with Crippen molar-refractivity contribution >= 4 is 34.9 Å². The van der Waals surface area contributed by atoms with E-state index in [2.05, 4.69) is 15.3 Å². The molecule has 2 aromatic heterocycles. The molecule has 166 valence electrons. The van der Waals surface area contributed by atoms with Gasteiger partial charge in [-0.3, -0.25) is 14.6 Å². The molecule has 10 heteroatoms. The number of carbonyl (C=O) groups excluding carboxylic acids is 2. The average molecular weight is 460 g/mol. The molecule has 2 heterocycles. The number of rotatable bonds is 7. The van der Waals surface area contributed by atoms with Crippen LogP contribution in [0.2, 0.25) is 5.02 Å². The Morgan fingerprint density at radius 1 is 1.19 bits per heavy atom. The highest BCUT2D eigenvalue weighted by Crippen LogP contribution is 2.31. The van der Waals surface area contributed by atoms with Crippen molar-refractivity contribution in [1.29, 1.82) is 0 Å². The van der Waals surface area contributed by atoms with Gasteiger partial charge in [0.1, 0.15) is 5.82 Å². The van der Waals surface area contributed by atoms with Gasteiger partial charge in [-0.1, -0.05) is 23.7 Å². The van der Waals surface area contributed by atoms with E-state index in [-0.39, 0.29) is 23.2 Å². The Labute approximate surface area is 188 Å². The minimum Gasteiger partial charge on any atom is -0.383 e. The molecule has 0 radical (unpaired) electrons. The molecular formula is C22H20ClF2N5O2. The van der Waals surface area contributed by atoms with Gasteiger partial charge in [-0.2, -0.15) is 0 Å². The summed E-state index contributed by atoms with van der Waals surface area (Å²) in [6.45, 7) is 0.671. The number of aromatic nitrogens is 2. The average Bonchev–Trinajstić information content (AvgIpc) is 2.77. The van der Waals surface area contributed by atoms with Crippen molar-refractivity contribution in [2.75, 3.05) is 17.2 Å². The van der Waals surface area contributed by atoms with Crippen molar-refractivity contribution in [1.82, 2.24) is 15.3 Å². The van der Waals surface area contributed by atoms with Gasteiger partial charge >= 0.3 is 0 Å². The lowest BCUT2D eigenvalue weighted by Gasteiger charge is -2.22. The van der Waals surface area contributed by atoms with Gasteiger partial charge in [-0.25, -0.2) is 13.8 Å². The van der Waals surface area contributed by atoms with Gasteiger partial charge in [0.15, 0.2) is 0 Å². The smallest absolute Gasteiger partial charge is 0.256 e. The number of nitrogens with zero attached hydrogens (tertiary/aromatic N) is 3. The van der Waals surface area contributed by atoms with Crippen molar-refractivity contribution in [2.45, 2.75) is 19.9 Å². The number of nitrogen functional groups attached to an aromatic ring is 1. The fraction of sp³-hybridized carbons (Fsp3) is 0.182. The van der Waals surface area contributed by atoms with E-state index in [1.165, 1.54) is 25.3 Å². The van der Waals surface area contributed by atoms with E-state index < -0.39 is 18.9 Å². The molecule has 2 amide bonds. The van der Waals surface area contributed by atoms with Crippen LogP contribution in [0.5, 0.6) is 0 Å². The van der Waals surface area contributed by atoms with Gasteiger partial charge in [0.25, 0.3) is 12.3 Å². The van der Waals surface area contributed by atoms with Gasteiger partial charge in [0.2, 0.25) is 5.91 Å². The van der Waals surface area contributed by atoms with Gasteiger partial charge in [0, 0.05) is 37.0 Å². The Morgan fingerprint density at radius 2 is 1.97 bits per heavy atom. The molecule has 0 unspecified atom stereocenters. The number of carbonyl (C=O) groups is 2. The number of benzene rings is 1.